The van der Waals surface area contributed by atoms with Crippen LogP contribution < -0.4 is 10.6 Å². The Bertz CT molecular complexity index is 676. The van der Waals surface area contributed by atoms with Gasteiger partial charge in [0.2, 0.25) is 0 Å². The summed E-state index contributed by atoms with van der Waals surface area (Å²) in [7, 11) is 0. The number of furan rings is 1. The molecule has 0 spiro atoms. The molecular formula is C19H28N4O2S. The van der Waals surface area contributed by atoms with Crippen molar-refractivity contribution in [2.24, 2.45) is 10.9 Å². The highest BCUT2D eigenvalue weighted by Crippen LogP contribution is 2.18. The van der Waals surface area contributed by atoms with E-state index in [4.69, 9.17) is 14.1 Å². The van der Waals surface area contributed by atoms with Crippen LogP contribution in [0.5, 0.6) is 0 Å². The summed E-state index contributed by atoms with van der Waals surface area (Å²) in [6.07, 6.45) is 3.64. The van der Waals surface area contributed by atoms with Crippen LogP contribution >= 0.6 is 11.3 Å². The SMILES string of the molecule is CC(C)c1csc(CN=C(NCCc2ccco2)NCC2CCOC2)n1. The van der Waals surface area contributed by atoms with E-state index in [2.05, 4.69) is 34.8 Å². The average molecular weight is 377 g/mol. The topological polar surface area (TPSA) is 71.7 Å². The molecule has 0 aromatic carbocycles. The molecule has 1 aliphatic heterocycles. The van der Waals surface area contributed by atoms with E-state index in [1.54, 1.807) is 17.6 Å². The largest absolute Gasteiger partial charge is 0.469 e. The lowest BCUT2D eigenvalue weighted by Gasteiger charge is -2.14. The number of aromatic nitrogens is 1. The molecule has 0 saturated carbocycles. The molecule has 1 fully saturated rings. The van der Waals surface area contributed by atoms with Gasteiger partial charge in [0, 0.05) is 37.4 Å². The lowest BCUT2D eigenvalue weighted by Crippen LogP contribution is -2.40. The first-order valence-corrected chi connectivity index (χ1v) is 10.2. The Hall–Kier alpha value is -1.86. The summed E-state index contributed by atoms with van der Waals surface area (Å²) < 4.78 is 10.8. The van der Waals surface area contributed by atoms with Crippen LogP contribution in [0.3, 0.4) is 0 Å². The minimum atomic E-state index is 0.454. The Morgan fingerprint density at radius 1 is 1.42 bits per heavy atom. The Kier molecular flexibility index (Phi) is 7.08. The molecule has 1 aliphatic rings. The second kappa shape index (κ2) is 9.73. The third kappa shape index (κ3) is 5.85. The van der Waals surface area contributed by atoms with Crippen molar-refractivity contribution in [1.82, 2.24) is 15.6 Å². The number of aliphatic imine (C=N–C) groups is 1. The molecule has 3 heterocycles. The van der Waals surface area contributed by atoms with E-state index in [9.17, 15) is 0 Å². The number of ether oxygens (including phenoxy) is 1. The van der Waals surface area contributed by atoms with Crippen molar-refractivity contribution in [3.05, 3.63) is 40.2 Å². The van der Waals surface area contributed by atoms with E-state index < -0.39 is 0 Å². The molecule has 26 heavy (non-hydrogen) atoms. The maximum atomic E-state index is 5.45. The minimum absolute atomic E-state index is 0.454. The molecule has 6 nitrogen and oxygen atoms in total. The maximum Gasteiger partial charge on any atom is 0.191 e. The van der Waals surface area contributed by atoms with Gasteiger partial charge in [-0.1, -0.05) is 13.8 Å². The predicted molar refractivity (Wildman–Crippen MR) is 105 cm³/mol. The quantitative estimate of drug-likeness (QED) is 0.547. The van der Waals surface area contributed by atoms with Gasteiger partial charge in [-0.3, -0.25) is 0 Å². The lowest BCUT2D eigenvalue weighted by atomic mass is 10.1. The highest BCUT2D eigenvalue weighted by atomic mass is 32.1. The fraction of sp³-hybridized carbons (Fsp3) is 0.579. The van der Waals surface area contributed by atoms with Crippen LogP contribution in [-0.2, 0) is 17.7 Å². The number of thiazole rings is 1. The normalized spacial score (nSPS) is 17.8. The van der Waals surface area contributed by atoms with Crippen molar-refractivity contribution in [2.45, 2.75) is 39.2 Å². The van der Waals surface area contributed by atoms with Crippen LogP contribution in [0.25, 0.3) is 0 Å². The molecule has 3 rings (SSSR count). The highest BCUT2D eigenvalue weighted by molar-refractivity contribution is 7.09. The summed E-state index contributed by atoms with van der Waals surface area (Å²) >= 11 is 1.68. The molecule has 2 N–H and O–H groups in total. The van der Waals surface area contributed by atoms with Crippen molar-refractivity contribution >= 4 is 17.3 Å². The van der Waals surface area contributed by atoms with E-state index >= 15 is 0 Å². The first-order valence-electron chi connectivity index (χ1n) is 9.27. The predicted octanol–water partition coefficient (Wildman–Crippen LogP) is 3.17. The average Bonchev–Trinajstić information content (AvgIpc) is 3.39. The number of nitrogens with zero attached hydrogens (tertiary/aromatic N) is 2. The number of guanidine groups is 1. The van der Waals surface area contributed by atoms with Crippen molar-refractivity contribution in [2.75, 3.05) is 26.3 Å². The van der Waals surface area contributed by atoms with E-state index in [1.165, 1.54) is 0 Å². The molecule has 1 atom stereocenters. The van der Waals surface area contributed by atoms with Crippen molar-refractivity contribution < 1.29 is 9.15 Å². The van der Waals surface area contributed by atoms with Gasteiger partial charge in [0.15, 0.2) is 5.96 Å². The van der Waals surface area contributed by atoms with Crippen molar-refractivity contribution in [3.63, 3.8) is 0 Å². The third-order valence-corrected chi connectivity index (χ3v) is 5.21. The van der Waals surface area contributed by atoms with Crippen LogP contribution in [0.4, 0.5) is 0 Å². The van der Waals surface area contributed by atoms with Crippen LogP contribution in [0.2, 0.25) is 0 Å². The van der Waals surface area contributed by atoms with Crippen LogP contribution in [0, 0.1) is 5.92 Å². The first kappa shape index (κ1) is 18.9. The monoisotopic (exact) mass is 376 g/mol. The fourth-order valence-electron chi connectivity index (χ4n) is 2.73. The Morgan fingerprint density at radius 3 is 3.04 bits per heavy atom. The van der Waals surface area contributed by atoms with E-state index in [0.29, 0.717) is 18.4 Å². The maximum absolute atomic E-state index is 5.45. The van der Waals surface area contributed by atoms with Gasteiger partial charge in [0.25, 0.3) is 0 Å². The first-order chi connectivity index (χ1) is 12.7. The molecule has 0 radical (unpaired) electrons. The summed E-state index contributed by atoms with van der Waals surface area (Å²) in [4.78, 5) is 9.38. The van der Waals surface area contributed by atoms with Gasteiger partial charge < -0.3 is 19.8 Å². The van der Waals surface area contributed by atoms with Gasteiger partial charge in [-0.25, -0.2) is 9.98 Å². The summed E-state index contributed by atoms with van der Waals surface area (Å²) in [6, 6.07) is 3.91. The van der Waals surface area contributed by atoms with E-state index in [1.807, 2.05) is 12.1 Å². The molecule has 1 unspecified atom stereocenters. The van der Waals surface area contributed by atoms with E-state index in [0.717, 1.165) is 61.6 Å². The van der Waals surface area contributed by atoms with Crippen molar-refractivity contribution in [1.29, 1.82) is 0 Å². The van der Waals surface area contributed by atoms with Crippen molar-refractivity contribution in [3.8, 4) is 0 Å². The third-order valence-electron chi connectivity index (χ3n) is 4.36. The molecular weight excluding hydrogens is 348 g/mol. The van der Waals surface area contributed by atoms with Gasteiger partial charge in [0.1, 0.15) is 10.8 Å². The Balaban J connectivity index is 1.54. The summed E-state index contributed by atoms with van der Waals surface area (Å²) in [5.74, 6) is 2.81. The number of hydrogen-bond acceptors (Lipinski definition) is 5. The van der Waals surface area contributed by atoms with Crippen LogP contribution in [0.15, 0.2) is 33.2 Å². The highest BCUT2D eigenvalue weighted by Gasteiger charge is 2.16. The van der Waals surface area contributed by atoms with Gasteiger partial charge in [-0.15, -0.1) is 11.3 Å². The molecule has 142 valence electrons. The second-order valence-corrected chi connectivity index (χ2v) is 7.79. The van der Waals surface area contributed by atoms with Gasteiger partial charge >= 0.3 is 0 Å². The number of nitrogens with one attached hydrogen (secondary N) is 2. The molecule has 0 bridgehead atoms. The Morgan fingerprint density at radius 2 is 2.35 bits per heavy atom. The minimum Gasteiger partial charge on any atom is -0.469 e. The second-order valence-electron chi connectivity index (χ2n) is 6.85. The zero-order valence-electron chi connectivity index (χ0n) is 15.5. The molecule has 0 aliphatic carbocycles. The van der Waals surface area contributed by atoms with Gasteiger partial charge in [-0.2, -0.15) is 0 Å². The fourth-order valence-corrected chi connectivity index (χ4v) is 3.61. The van der Waals surface area contributed by atoms with E-state index in [-0.39, 0.29) is 0 Å². The Labute approximate surface area is 159 Å². The molecule has 1 saturated heterocycles. The molecule has 7 heteroatoms. The summed E-state index contributed by atoms with van der Waals surface area (Å²) in [5.41, 5.74) is 1.14. The van der Waals surface area contributed by atoms with Crippen LogP contribution in [0.1, 0.15) is 42.6 Å². The number of hydrogen-bond donors (Lipinski definition) is 2. The standard InChI is InChI=1S/C19H28N4O2S/c1-14(2)17-13-26-18(23-17)11-22-19(21-10-15-6-9-24-12-15)20-7-5-16-4-3-8-25-16/h3-4,8,13-15H,5-7,9-12H2,1-2H3,(H2,20,21,22). The summed E-state index contributed by atoms with van der Waals surface area (Å²) in [5, 5.41) is 10.0. The number of rotatable bonds is 8. The van der Waals surface area contributed by atoms with Crippen LogP contribution in [-0.4, -0.2) is 37.2 Å². The zero-order chi connectivity index (χ0) is 18.2. The van der Waals surface area contributed by atoms with Gasteiger partial charge in [0.05, 0.1) is 25.1 Å². The lowest BCUT2D eigenvalue weighted by molar-refractivity contribution is 0.186. The molecule has 2 aromatic rings. The molecule has 2 aromatic heterocycles. The zero-order valence-corrected chi connectivity index (χ0v) is 16.3. The molecule has 0 amide bonds. The smallest absolute Gasteiger partial charge is 0.191 e. The summed E-state index contributed by atoms with van der Waals surface area (Å²) in [6.45, 7) is 8.26. The van der Waals surface area contributed by atoms with Gasteiger partial charge in [-0.05, 0) is 24.5 Å².